The highest BCUT2D eigenvalue weighted by Crippen LogP contribution is 2.26. The number of aromatic nitrogens is 1. The summed E-state index contributed by atoms with van der Waals surface area (Å²) in [5.74, 6) is -1.74. The van der Waals surface area contributed by atoms with Crippen LogP contribution >= 0.6 is 0 Å². The summed E-state index contributed by atoms with van der Waals surface area (Å²) in [4.78, 5) is 11.2. The van der Waals surface area contributed by atoms with Crippen molar-refractivity contribution in [3.63, 3.8) is 0 Å². The van der Waals surface area contributed by atoms with E-state index in [4.69, 9.17) is 10.9 Å². The summed E-state index contributed by atoms with van der Waals surface area (Å²) in [7, 11) is -8.07. The maximum atomic E-state index is 12.0. The highest BCUT2D eigenvalue weighted by Gasteiger charge is 2.19. The van der Waals surface area contributed by atoms with E-state index in [2.05, 4.69) is 4.72 Å². The molecule has 1 heterocycles. The molecule has 5 N–H and O–H groups in total. The lowest BCUT2D eigenvalue weighted by Gasteiger charge is -2.11. The number of nitrogens with zero attached hydrogens (tertiary/aromatic N) is 1. The lowest BCUT2D eigenvalue weighted by atomic mass is 10.1. The molecule has 1 aromatic heterocycles. The van der Waals surface area contributed by atoms with Gasteiger partial charge in [-0.3, -0.25) is 0 Å². The maximum Gasteiger partial charge on any atom is 0.302 e. The van der Waals surface area contributed by atoms with Crippen molar-refractivity contribution in [3.8, 4) is 11.1 Å². The first-order chi connectivity index (χ1) is 11.6. The van der Waals surface area contributed by atoms with Crippen molar-refractivity contribution in [2.45, 2.75) is 4.90 Å². The first kappa shape index (κ1) is 19.1. The van der Waals surface area contributed by atoms with Gasteiger partial charge in [0, 0.05) is 24.8 Å². The van der Waals surface area contributed by atoms with Gasteiger partial charge in [0.05, 0.1) is 16.6 Å². The third kappa shape index (κ3) is 4.05. The second-order valence-corrected chi connectivity index (χ2v) is 8.11. The van der Waals surface area contributed by atoms with Crippen LogP contribution < -0.4 is 20.7 Å². The van der Waals surface area contributed by atoms with E-state index in [0.29, 0.717) is 3.97 Å². The molecule has 0 bridgehead atoms. The number of carboxylic acids is 1. The molecule has 0 saturated heterocycles. The normalized spacial score (nSPS) is 12.2. The predicted molar refractivity (Wildman–Crippen MR) is 86.9 cm³/mol. The number of carbonyl (C=O) groups excluding carboxylic acids is 1. The Balaban J connectivity index is 2.48. The largest absolute Gasteiger partial charge is 0.543 e. The topological polar surface area (TPSA) is 177 Å². The van der Waals surface area contributed by atoms with Gasteiger partial charge in [-0.2, -0.15) is 8.42 Å². The number of rotatable bonds is 7. The minimum absolute atomic E-state index is 0.0212. The number of benzene rings is 1. The summed E-state index contributed by atoms with van der Waals surface area (Å²) < 4.78 is 49.5. The lowest BCUT2D eigenvalue weighted by molar-refractivity contribution is -0.255. The molecular weight excluding hydrogens is 372 g/mol. The third-order valence-electron chi connectivity index (χ3n) is 3.23. The van der Waals surface area contributed by atoms with Crippen LogP contribution in [-0.2, 0) is 20.2 Å². The smallest absolute Gasteiger partial charge is 0.302 e. The van der Waals surface area contributed by atoms with Crippen LogP contribution in [0.4, 0.5) is 0 Å². The minimum atomic E-state index is -4.33. The second kappa shape index (κ2) is 6.93. The average molecular weight is 387 g/mol. The molecule has 0 atom stereocenters. The van der Waals surface area contributed by atoms with Gasteiger partial charge in [0.2, 0.25) is 10.0 Å². The van der Waals surface area contributed by atoms with Gasteiger partial charge in [0.15, 0.2) is 0 Å². The fraction of sp³-hybridized carbons (Fsp3) is 0.154. The summed E-state index contributed by atoms with van der Waals surface area (Å²) in [6.07, 6.45) is 0.975. The molecule has 0 saturated carbocycles. The van der Waals surface area contributed by atoms with E-state index >= 15 is 0 Å². The summed E-state index contributed by atoms with van der Waals surface area (Å²) in [6.45, 7) is 0.198. The molecule has 10 nitrogen and oxygen atoms in total. The fourth-order valence-electron chi connectivity index (χ4n) is 2.15. The standard InChI is InChI=1S/C13H16N4O6S2/c14-6-7-16-24(20,21)10-3-1-9(2-4-10)11-5-8-17(25(15,22)23)12(11)13(18)19/h1-5,8,16H,6-7,14H2,(H,18,19)(H2,15,22,23)/p-1. The highest BCUT2D eigenvalue weighted by atomic mass is 32.2. The SMILES string of the molecule is NCCNS(=O)(=O)c1ccc(-c2ccn(S(N)(=O)=O)c2C(=O)[O-])cc1. The Labute approximate surface area is 144 Å². The van der Waals surface area contributed by atoms with Crippen LogP contribution in [0, 0.1) is 0 Å². The molecule has 136 valence electrons. The quantitative estimate of drug-likeness (QED) is 0.483. The molecule has 0 spiro atoms. The van der Waals surface area contributed by atoms with E-state index in [1.165, 1.54) is 30.3 Å². The molecule has 0 radical (unpaired) electrons. The monoisotopic (exact) mass is 387 g/mol. The molecule has 2 rings (SSSR count). The first-order valence-electron chi connectivity index (χ1n) is 6.84. The van der Waals surface area contributed by atoms with Gasteiger partial charge in [-0.15, -0.1) is 0 Å². The van der Waals surface area contributed by atoms with Crippen molar-refractivity contribution < 1.29 is 26.7 Å². The molecule has 2 aromatic rings. The number of nitrogens with two attached hydrogens (primary N) is 2. The third-order valence-corrected chi connectivity index (χ3v) is 5.56. The fourth-order valence-corrected chi connectivity index (χ4v) is 3.86. The Morgan fingerprint density at radius 2 is 1.72 bits per heavy atom. The second-order valence-electron chi connectivity index (χ2n) is 4.92. The van der Waals surface area contributed by atoms with Crippen molar-refractivity contribution >= 4 is 26.2 Å². The molecule has 1 aromatic carbocycles. The first-order valence-corrected chi connectivity index (χ1v) is 9.82. The molecule has 0 aliphatic rings. The van der Waals surface area contributed by atoms with Gasteiger partial charge in [-0.1, -0.05) is 12.1 Å². The van der Waals surface area contributed by atoms with Crippen LogP contribution in [0.25, 0.3) is 11.1 Å². The summed E-state index contributed by atoms with van der Waals surface area (Å²) in [5.41, 5.74) is 4.89. The van der Waals surface area contributed by atoms with Crippen molar-refractivity contribution in [3.05, 3.63) is 42.2 Å². The van der Waals surface area contributed by atoms with Crippen LogP contribution in [0.5, 0.6) is 0 Å². The number of hydrogen-bond donors (Lipinski definition) is 3. The van der Waals surface area contributed by atoms with Crippen LogP contribution in [0.1, 0.15) is 10.5 Å². The summed E-state index contributed by atoms with van der Waals surface area (Å²) >= 11 is 0. The van der Waals surface area contributed by atoms with E-state index in [1.807, 2.05) is 0 Å². The number of nitrogens with one attached hydrogen (secondary N) is 1. The zero-order valence-corrected chi connectivity index (χ0v) is 14.4. The minimum Gasteiger partial charge on any atom is -0.543 e. The number of aromatic carboxylic acids is 1. The molecule has 25 heavy (non-hydrogen) atoms. The van der Waals surface area contributed by atoms with E-state index < -0.39 is 31.9 Å². The number of hydrogen-bond acceptors (Lipinski definition) is 7. The zero-order chi connectivity index (χ0) is 18.8. The predicted octanol–water partition coefficient (Wildman–Crippen LogP) is -2.19. The lowest BCUT2D eigenvalue weighted by Crippen LogP contribution is -2.31. The van der Waals surface area contributed by atoms with Crippen LogP contribution in [0.2, 0.25) is 0 Å². The van der Waals surface area contributed by atoms with Gasteiger partial charge in [-0.05, 0) is 23.8 Å². The number of carbonyl (C=O) groups is 1. The Kier molecular flexibility index (Phi) is 5.29. The Hall–Kier alpha value is -2.25. The molecule has 0 amide bonds. The van der Waals surface area contributed by atoms with Gasteiger partial charge in [-0.25, -0.2) is 22.3 Å². The van der Waals surface area contributed by atoms with Crippen LogP contribution in [0.15, 0.2) is 41.4 Å². The van der Waals surface area contributed by atoms with Gasteiger partial charge >= 0.3 is 10.2 Å². The average Bonchev–Trinajstić information content (AvgIpc) is 2.98. The number of sulfonamides is 1. The number of carboxylic acid groups (broad SMARTS) is 1. The van der Waals surface area contributed by atoms with Crippen LogP contribution in [-0.4, -0.2) is 39.9 Å². The Morgan fingerprint density at radius 3 is 2.20 bits per heavy atom. The molecule has 0 aliphatic heterocycles. The van der Waals surface area contributed by atoms with Gasteiger partial charge in [0.1, 0.15) is 0 Å². The summed E-state index contributed by atoms with van der Waals surface area (Å²) in [6, 6.07) is 6.41. The molecule has 0 fully saturated rings. The van der Waals surface area contributed by atoms with Gasteiger partial charge in [0.25, 0.3) is 0 Å². The molecule has 12 heteroatoms. The van der Waals surface area contributed by atoms with Crippen molar-refractivity contribution in [1.82, 2.24) is 8.69 Å². The van der Waals surface area contributed by atoms with Crippen molar-refractivity contribution in [2.75, 3.05) is 13.1 Å². The molecule has 0 aliphatic carbocycles. The van der Waals surface area contributed by atoms with Crippen molar-refractivity contribution in [1.29, 1.82) is 0 Å². The van der Waals surface area contributed by atoms with E-state index in [9.17, 15) is 26.7 Å². The molecular formula is C13H15N4O6S2-. The van der Waals surface area contributed by atoms with Crippen LogP contribution in [0.3, 0.4) is 0 Å². The zero-order valence-electron chi connectivity index (χ0n) is 12.7. The van der Waals surface area contributed by atoms with E-state index in [-0.39, 0.29) is 29.1 Å². The summed E-state index contributed by atoms with van der Waals surface area (Å²) in [5, 5.41) is 16.3. The molecule has 0 unspecified atom stereocenters. The Morgan fingerprint density at radius 1 is 1.12 bits per heavy atom. The van der Waals surface area contributed by atoms with Gasteiger partial charge < -0.3 is 15.6 Å². The van der Waals surface area contributed by atoms with Crippen molar-refractivity contribution in [2.24, 2.45) is 10.9 Å². The Bertz CT molecular complexity index is 994. The highest BCUT2D eigenvalue weighted by molar-refractivity contribution is 7.89. The maximum absolute atomic E-state index is 12.0. The van der Waals surface area contributed by atoms with E-state index in [1.54, 1.807) is 0 Å². The van der Waals surface area contributed by atoms with E-state index in [0.717, 1.165) is 6.20 Å².